The normalized spacial score (nSPS) is 21.2. The van der Waals surface area contributed by atoms with Gasteiger partial charge in [0.15, 0.2) is 5.17 Å². The van der Waals surface area contributed by atoms with Gasteiger partial charge in [0.25, 0.3) is 0 Å². The highest BCUT2D eigenvalue weighted by atomic mass is 32.2. The summed E-state index contributed by atoms with van der Waals surface area (Å²) in [5, 5.41) is 0.407. The van der Waals surface area contributed by atoms with E-state index in [9.17, 15) is 9.59 Å². The molecule has 1 fully saturated rings. The highest BCUT2D eigenvalue weighted by Gasteiger charge is 2.46. The maximum Gasteiger partial charge on any atom is 0.338 e. The van der Waals surface area contributed by atoms with E-state index in [1.807, 2.05) is 31.2 Å². The van der Waals surface area contributed by atoms with Crippen LogP contribution >= 0.6 is 11.8 Å². The average Bonchev–Trinajstić information content (AvgIpc) is 2.98. The van der Waals surface area contributed by atoms with Gasteiger partial charge in [0.05, 0.1) is 35.8 Å². The second-order valence-electron chi connectivity index (χ2n) is 7.11. The Morgan fingerprint density at radius 2 is 1.93 bits per heavy atom. The SMILES string of the molecule is CCCCCOc1ccc([C@H]2C(C(=O)OCC)=C(C)N=C3S[C@@H](C)C(=O)N32)cc1. The lowest BCUT2D eigenvalue weighted by Crippen LogP contribution is -2.40. The van der Waals surface area contributed by atoms with E-state index in [-0.39, 0.29) is 17.8 Å². The molecule has 1 aromatic carbocycles. The highest BCUT2D eigenvalue weighted by molar-refractivity contribution is 8.15. The number of ether oxygens (including phenoxy) is 2. The standard InChI is InChI=1S/C22H28N2O4S/c1-5-7-8-13-28-17-11-9-16(10-12-17)19-18(21(26)27-6-2)14(3)23-22-24(19)20(25)15(4)29-22/h9-12,15,19H,5-8,13H2,1-4H3/t15-,19-/m0/s1. The average molecular weight is 417 g/mol. The van der Waals surface area contributed by atoms with E-state index in [0.29, 0.717) is 23.0 Å². The number of carbonyl (C=O) groups is 2. The molecule has 0 saturated carbocycles. The molecule has 6 nitrogen and oxygen atoms in total. The van der Waals surface area contributed by atoms with Gasteiger partial charge in [-0.1, -0.05) is 43.7 Å². The van der Waals surface area contributed by atoms with Crippen LogP contribution in [0.1, 0.15) is 58.6 Å². The maximum atomic E-state index is 12.9. The van der Waals surface area contributed by atoms with Crippen LogP contribution < -0.4 is 4.74 Å². The summed E-state index contributed by atoms with van der Waals surface area (Å²) in [6, 6.07) is 7.07. The summed E-state index contributed by atoms with van der Waals surface area (Å²) in [5.41, 5.74) is 1.84. The Morgan fingerprint density at radius 3 is 2.59 bits per heavy atom. The Kier molecular flexibility index (Phi) is 7.00. The molecule has 0 spiro atoms. The van der Waals surface area contributed by atoms with Crippen LogP contribution in [-0.2, 0) is 14.3 Å². The minimum atomic E-state index is -0.541. The third-order valence-corrected chi connectivity index (χ3v) is 6.02. The number of amidine groups is 1. The van der Waals surface area contributed by atoms with Crippen LogP contribution in [0.4, 0.5) is 0 Å². The summed E-state index contributed by atoms with van der Waals surface area (Å²) in [4.78, 5) is 31.7. The molecular weight excluding hydrogens is 388 g/mol. The number of allylic oxidation sites excluding steroid dienone is 1. The predicted octanol–water partition coefficient (Wildman–Crippen LogP) is 4.47. The molecule has 0 N–H and O–H groups in total. The minimum absolute atomic E-state index is 0.0482. The molecule has 156 valence electrons. The zero-order chi connectivity index (χ0) is 21.0. The lowest BCUT2D eigenvalue weighted by atomic mass is 9.94. The van der Waals surface area contributed by atoms with Crippen molar-refractivity contribution in [2.24, 2.45) is 4.99 Å². The molecule has 3 rings (SSSR count). The fourth-order valence-electron chi connectivity index (χ4n) is 3.48. The molecule has 2 heterocycles. The number of nitrogens with zero attached hydrogens (tertiary/aromatic N) is 2. The van der Waals surface area contributed by atoms with Gasteiger partial charge in [-0.2, -0.15) is 0 Å². The van der Waals surface area contributed by atoms with Crippen LogP contribution in [-0.4, -0.2) is 40.4 Å². The Balaban J connectivity index is 1.91. The van der Waals surface area contributed by atoms with E-state index in [1.54, 1.807) is 18.7 Å². The third kappa shape index (κ3) is 4.50. The second kappa shape index (κ2) is 9.48. The van der Waals surface area contributed by atoms with E-state index < -0.39 is 12.0 Å². The third-order valence-electron chi connectivity index (χ3n) is 4.97. The van der Waals surface area contributed by atoms with Crippen molar-refractivity contribution in [3.8, 4) is 5.75 Å². The number of esters is 1. The minimum Gasteiger partial charge on any atom is -0.494 e. The van der Waals surface area contributed by atoms with Crippen molar-refractivity contribution >= 4 is 28.8 Å². The van der Waals surface area contributed by atoms with Gasteiger partial charge in [-0.15, -0.1) is 0 Å². The van der Waals surface area contributed by atoms with Crippen LogP contribution in [0.5, 0.6) is 5.75 Å². The van der Waals surface area contributed by atoms with Gasteiger partial charge in [0, 0.05) is 0 Å². The smallest absolute Gasteiger partial charge is 0.338 e. The summed E-state index contributed by atoms with van der Waals surface area (Å²) in [6.07, 6.45) is 3.31. The van der Waals surface area contributed by atoms with Crippen molar-refractivity contribution < 1.29 is 19.1 Å². The van der Waals surface area contributed by atoms with Gasteiger partial charge in [-0.25, -0.2) is 9.79 Å². The first-order valence-electron chi connectivity index (χ1n) is 10.2. The summed E-state index contributed by atoms with van der Waals surface area (Å²) in [7, 11) is 0. The quantitative estimate of drug-likeness (QED) is 0.462. The van der Waals surface area contributed by atoms with Gasteiger partial charge >= 0.3 is 5.97 Å². The van der Waals surface area contributed by atoms with E-state index in [2.05, 4.69) is 11.9 Å². The second-order valence-corrected chi connectivity index (χ2v) is 8.42. The van der Waals surface area contributed by atoms with E-state index in [4.69, 9.17) is 9.47 Å². The molecule has 0 radical (unpaired) electrons. The van der Waals surface area contributed by atoms with Gasteiger partial charge in [0.1, 0.15) is 5.75 Å². The first kappa shape index (κ1) is 21.4. The van der Waals surface area contributed by atoms with Crippen molar-refractivity contribution in [3.05, 3.63) is 41.1 Å². The van der Waals surface area contributed by atoms with E-state index >= 15 is 0 Å². The number of thioether (sulfide) groups is 1. The van der Waals surface area contributed by atoms with Crippen molar-refractivity contribution in [1.82, 2.24) is 4.90 Å². The summed E-state index contributed by atoms with van der Waals surface area (Å²) in [6.45, 7) is 8.53. The van der Waals surface area contributed by atoms with Gasteiger partial charge in [0.2, 0.25) is 5.91 Å². The topological polar surface area (TPSA) is 68.2 Å². The molecule has 2 aliphatic rings. The molecule has 1 saturated heterocycles. The molecule has 0 bridgehead atoms. The number of unbranched alkanes of at least 4 members (excludes halogenated alkanes) is 2. The molecule has 7 heteroatoms. The van der Waals surface area contributed by atoms with E-state index in [0.717, 1.165) is 30.6 Å². The number of hydrogen-bond acceptors (Lipinski definition) is 6. The Morgan fingerprint density at radius 1 is 1.21 bits per heavy atom. The number of carbonyl (C=O) groups excluding carboxylic acids is 2. The number of aliphatic imine (C=N–C) groups is 1. The number of hydrogen-bond donors (Lipinski definition) is 0. The molecule has 0 aromatic heterocycles. The molecule has 1 amide bonds. The van der Waals surface area contributed by atoms with Crippen molar-refractivity contribution in [3.63, 3.8) is 0 Å². The molecule has 2 atom stereocenters. The predicted molar refractivity (Wildman–Crippen MR) is 115 cm³/mol. The van der Waals surface area contributed by atoms with E-state index in [1.165, 1.54) is 11.8 Å². The molecule has 1 aromatic rings. The maximum absolute atomic E-state index is 12.9. The molecule has 0 aliphatic carbocycles. The van der Waals surface area contributed by atoms with Gasteiger partial charge < -0.3 is 9.47 Å². The Labute approximate surface area is 176 Å². The fraction of sp³-hybridized carbons (Fsp3) is 0.500. The number of fused-ring (bicyclic) bond motifs is 1. The van der Waals surface area contributed by atoms with Gasteiger partial charge in [-0.3, -0.25) is 9.69 Å². The highest BCUT2D eigenvalue weighted by Crippen LogP contribution is 2.43. The lowest BCUT2D eigenvalue weighted by molar-refractivity contribution is -0.139. The van der Waals surface area contributed by atoms with Gasteiger partial charge in [-0.05, 0) is 44.9 Å². The zero-order valence-corrected chi connectivity index (χ0v) is 18.3. The fourth-order valence-corrected chi connectivity index (χ4v) is 4.51. The van der Waals surface area contributed by atoms with Crippen LogP contribution in [0.2, 0.25) is 0 Å². The van der Waals surface area contributed by atoms with Crippen LogP contribution in [0.25, 0.3) is 0 Å². The summed E-state index contributed by atoms with van der Waals surface area (Å²) in [5.74, 6) is 0.298. The summed E-state index contributed by atoms with van der Waals surface area (Å²) >= 11 is 1.42. The van der Waals surface area contributed by atoms with Crippen LogP contribution in [0.3, 0.4) is 0 Å². The van der Waals surface area contributed by atoms with Crippen molar-refractivity contribution in [2.45, 2.75) is 58.2 Å². The molecule has 2 aliphatic heterocycles. The van der Waals surface area contributed by atoms with Crippen LogP contribution in [0.15, 0.2) is 40.5 Å². The molecule has 29 heavy (non-hydrogen) atoms. The summed E-state index contributed by atoms with van der Waals surface area (Å²) < 4.78 is 11.1. The van der Waals surface area contributed by atoms with Crippen LogP contribution in [0, 0.1) is 0 Å². The van der Waals surface area contributed by atoms with Crippen molar-refractivity contribution in [2.75, 3.05) is 13.2 Å². The largest absolute Gasteiger partial charge is 0.494 e. The monoisotopic (exact) mass is 416 g/mol. The Bertz CT molecular complexity index is 832. The number of rotatable bonds is 8. The zero-order valence-electron chi connectivity index (χ0n) is 17.4. The lowest BCUT2D eigenvalue weighted by Gasteiger charge is -2.33. The Hall–Kier alpha value is -2.28. The number of benzene rings is 1. The number of amides is 1. The first-order valence-corrected chi connectivity index (χ1v) is 11.0. The molecular formula is C22H28N2O4S. The molecule has 0 unspecified atom stereocenters. The van der Waals surface area contributed by atoms with Crippen molar-refractivity contribution in [1.29, 1.82) is 0 Å². The first-order chi connectivity index (χ1) is 14.0.